The quantitative estimate of drug-likeness (QED) is 0.884. The van der Waals surface area contributed by atoms with Gasteiger partial charge < -0.3 is 10.6 Å². The number of carbonyl (C=O) groups is 1. The Morgan fingerprint density at radius 3 is 2.70 bits per heavy atom. The largest absolute Gasteiger partial charge is 0.325 e. The van der Waals surface area contributed by atoms with E-state index in [1.165, 1.54) is 5.56 Å². The molecule has 0 spiro atoms. The summed E-state index contributed by atoms with van der Waals surface area (Å²) in [5, 5.41) is 5.94. The maximum absolute atomic E-state index is 11.8. The Bertz CT molecular complexity index is 584. The molecule has 5 heteroatoms. The van der Waals surface area contributed by atoms with Crippen molar-refractivity contribution in [1.82, 2.24) is 10.3 Å². The van der Waals surface area contributed by atoms with E-state index in [1.54, 1.807) is 6.20 Å². The molecule has 0 saturated carbocycles. The Hall–Kier alpha value is -1.72. The Balaban J connectivity index is 1.78. The minimum absolute atomic E-state index is 0.0612. The van der Waals surface area contributed by atoms with Crippen LogP contribution in [0.4, 0.5) is 5.69 Å². The van der Waals surface area contributed by atoms with Gasteiger partial charge in [0.1, 0.15) is 0 Å². The van der Waals surface area contributed by atoms with E-state index in [0.717, 1.165) is 15.7 Å². The Labute approximate surface area is 126 Å². The molecule has 1 amide bonds. The van der Waals surface area contributed by atoms with Crippen LogP contribution in [-0.4, -0.2) is 17.4 Å². The SMILES string of the molecule is Cc1ccncc1CNCC(=O)Nc1ccc(Br)cc1. The topological polar surface area (TPSA) is 54.0 Å². The number of aromatic nitrogens is 1. The molecule has 0 aliphatic rings. The Morgan fingerprint density at radius 2 is 2.00 bits per heavy atom. The summed E-state index contributed by atoms with van der Waals surface area (Å²) in [5.74, 6) is -0.0612. The fourth-order valence-corrected chi connectivity index (χ4v) is 2.00. The summed E-state index contributed by atoms with van der Waals surface area (Å²) in [5.41, 5.74) is 3.06. The van der Waals surface area contributed by atoms with Gasteiger partial charge in [0.05, 0.1) is 6.54 Å². The molecule has 20 heavy (non-hydrogen) atoms. The van der Waals surface area contributed by atoms with Crippen LogP contribution in [0.2, 0.25) is 0 Å². The van der Waals surface area contributed by atoms with E-state index in [-0.39, 0.29) is 12.5 Å². The van der Waals surface area contributed by atoms with E-state index in [0.29, 0.717) is 6.54 Å². The smallest absolute Gasteiger partial charge is 0.238 e. The second kappa shape index (κ2) is 7.17. The molecule has 104 valence electrons. The second-order valence-electron chi connectivity index (χ2n) is 4.46. The molecular formula is C15H16BrN3O. The summed E-state index contributed by atoms with van der Waals surface area (Å²) in [7, 11) is 0. The maximum Gasteiger partial charge on any atom is 0.238 e. The molecule has 1 aromatic carbocycles. The summed E-state index contributed by atoms with van der Waals surface area (Å²) in [4.78, 5) is 15.8. The molecule has 2 rings (SSSR count). The van der Waals surface area contributed by atoms with Crippen molar-refractivity contribution >= 4 is 27.5 Å². The molecule has 1 aromatic heterocycles. The first-order valence-electron chi connectivity index (χ1n) is 6.31. The van der Waals surface area contributed by atoms with E-state index in [9.17, 15) is 4.79 Å². The van der Waals surface area contributed by atoms with Crippen molar-refractivity contribution in [3.63, 3.8) is 0 Å². The molecule has 4 nitrogen and oxygen atoms in total. The van der Waals surface area contributed by atoms with E-state index in [2.05, 4.69) is 31.5 Å². The van der Waals surface area contributed by atoms with Gasteiger partial charge in [0.25, 0.3) is 0 Å². The Kier molecular flexibility index (Phi) is 5.26. The normalized spacial score (nSPS) is 10.3. The highest BCUT2D eigenvalue weighted by molar-refractivity contribution is 9.10. The highest BCUT2D eigenvalue weighted by atomic mass is 79.9. The van der Waals surface area contributed by atoms with Crippen LogP contribution >= 0.6 is 15.9 Å². The third-order valence-electron chi connectivity index (χ3n) is 2.88. The van der Waals surface area contributed by atoms with Crippen molar-refractivity contribution in [2.24, 2.45) is 0 Å². The lowest BCUT2D eigenvalue weighted by atomic mass is 10.1. The van der Waals surface area contributed by atoms with Gasteiger partial charge in [0.2, 0.25) is 5.91 Å². The molecule has 0 bridgehead atoms. The zero-order valence-corrected chi connectivity index (χ0v) is 12.8. The zero-order chi connectivity index (χ0) is 14.4. The van der Waals surface area contributed by atoms with Crippen LogP contribution in [0, 0.1) is 6.92 Å². The monoisotopic (exact) mass is 333 g/mol. The van der Waals surface area contributed by atoms with Crippen LogP contribution in [0.5, 0.6) is 0 Å². The molecule has 0 saturated heterocycles. The van der Waals surface area contributed by atoms with Crippen molar-refractivity contribution in [3.05, 3.63) is 58.3 Å². The number of nitrogens with one attached hydrogen (secondary N) is 2. The van der Waals surface area contributed by atoms with Crippen molar-refractivity contribution in [2.75, 3.05) is 11.9 Å². The average Bonchev–Trinajstić information content (AvgIpc) is 2.43. The van der Waals surface area contributed by atoms with Crippen molar-refractivity contribution in [3.8, 4) is 0 Å². The van der Waals surface area contributed by atoms with Gasteiger partial charge in [-0.25, -0.2) is 0 Å². The summed E-state index contributed by atoms with van der Waals surface area (Å²) in [6.45, 7) is 2.93. The van der Waals surface area contributed by atoms with Gasteiger partial charge in [-0.15, -0.1) is 0 Å². The third-order valence-corrected chi connectivity index (χ3v) is 3.41. The fourth-order valence-electron chi connectivity index (χ4n) is 1.73. The summed E-state index contributed by atoms with van der Waals surface area (Å²) >= 11 is 3.36. The van der Waals surface area contributed by atoms with Crippen LogP contribution in [0.25, 0.3) is 0 Å². The highest BCUT2D eigenvalue weighted by Gasteiger charge is 2.03. The lowest BCUT2D eigenvalue weighted by molar-refractivity contribution is -0.115. The third kappa shape index (κ3) is 4.43. The second-order valence-corrected chi connectivity index (χ2v) is 5.38. The van der Waals surface area contributed by atoms with Gasteiger partial charge >= 0.3 is 0 Å². The predicted molar refractivity (Wildman–Crippen MR) is 83.5 cm³/mol. The van der Waals surface area contributed by atoms with Crippen LogP contribution in [0.3, 0.4) is 0 Å². The average molecular weight is 334 g/mol. The summed E-state index contributed by atoms with van der Waals surface area (Å²) in [6.07, 6.45) is 3.58. The van der Waals surface area contributed by atoms with Gasteiger partial charge in [-0.2, -0.15) is 0 Å². The molecule has 2 N–H and O–H groups in total. The lowest BCUT2D eigenvalue weighted by Gasteiger charge is -2.08. The number of amides is 1. The van der Waals surface area contributed by atoms with E-state index >= 15 is 0 Å². The zero-order valence-electron chi connectivity index (χ0n) is 11.2. The van der Waals surface area contributed by atoms with Gasteiger partial charge in [0, 0.05) is 29.1 Å². The maximum atomic E-state index is 11.8. The molecule has 0 atom stereocenters. The predicted octanol–water partition coefficient (Wildman–Crippen LogP) is 2.88. The fraction of sp³-hybridized carbons (Fsp3) is 0.200. The number of hydrogen-bond acceptors (Lipinski definition) is 3. The molecule has 0 unspecified atom stereocenters. The minimum atomic E-state index is -0.0612. The first-order chi connectivity index (χ1) is 9.65. The molecule has 0 radical (unpaired) electrons. The van der Waals surface area contributed by atoms with Gasteiger partial charge in [-0.3, -0.25) is 9.78 Å². The number of pyridine rings is 1. The van der Waals surface area contributed by atoms with Crippen LogP contribution in [0.1, 0.15) is 11.1 Å². The van der Waals surface area contributed by atoms with Gasteiger partial charge in [-0.1, -0.05) is 15.9 Å². The van der Waals surface area contributed by atoms with Crippen LogP contribution in [-0.2, 0) is 11.3 Å². The summed E-state index contributed by atoms with van der Waals surface area (Å²) < 4.78 is 0.987. The molecule has 0 fully saturated rings. The molecule has 2 aromatic rings. The number of nitrogens with zero attached hydrogens (tertiary/aromatic N) is 1. The minimum Gasteiger partial charge on any atom is -0.325 e. The van der Waals surface area contributed by atoms with Crippen LogP contribution in [0.15, 0.2) is 47.2 Å². The number of aryl methyl sites for hydroxylation is 1. The molecular weight excluding hydrogens is 318 g/mol. The van der Waals surface area contributed by atoms with Crippen molar-refractivity contribution in [2.45, 2.75) is 13.5 Å². The van der Waals surface area contributed by atoms with Crippen molar-refractivity contribution in [1.29, 1.82) is 0 Å². The van der Waals surface area contributed by atoms with Crippen LogP contribution < -0.4 is 10.6 Å². The number of anilines is 1. The van der Waals surface area contributed by atoms with Gasteiger partial charge in [0.15, 0.2) is 0 Å². The number of benzene rings is 1. The number of halogens is 1. The lowest BCUT2D eigenvalue weighted by Crippen LogP contribution is -2.27. The van der Waals surface area contributed by atoms with E-state index in [1.807, 2.05) is 43.5 Å². The van der Waals surface area contributed by atoms with E-state index in [4.69, 9.17) is 0 Å². The first-order valence-corrected chi connectivity index (χ1v) is 7.10. The highest BCUT2D eigenvalue weighted by Crippen LogP contribution is 2.13. The Morgan fingerprint density at radius 1 is 1.25 bits per heavy atom. The van der Waals surface area contributed by atoms with Crippen molar-refractivity contribution < 1.29 is 4.79 Å². The molecule has 1 heterocycles. The molecule has 0 aliphatic heterocycles. The van der Waals surface area contributed by atoms with Gasteiger partial charge in [-0.05, 0) is 48.4 Å². The summed E-state index contributed by atoms with van der Waals surface area (Å²) in [6, 6.07) is 9.45. The standard InChI is InChI=1S/C15H16BrN3O/c1-11-6-7-17-8-12(11)9-18-10-15(20)19-14-4-2-13(16)3-5-14/h2-8,18H,9-10H2,1H3,(H,19,20). The number of hydrogen-bond donors (Lipinski definition) is 2. The number of carbonyl (C=O) groups excluding carboxylic acids is 1. The first kappa shape index (κ1) is 14.7. The molecule has 0 aliphatic carbocycles. The van der Waals surface area contributed by atoms with E-state index < -0.39 is 0 Å². The number of rotatable bonds is 5.